The van der Waals surface area contributed by atoms with E-state index >= 15 is 0 Å². The van der Waals surface area contributed by atoms with Gasteiger partial charge in [0, 0.05) is 23.6 Å². The largest absolute Gasteiger partial charge is 0.586 e. The number of hydrogen-bond donors (Lipinski definition) is 1. The number of nitrogens with zero attached hydrogens (tertiary/aromatic N) is 2. The molecule has 0 fully saturated rings. The molecule has 3 aromatic carbocycles. The van der Waals surface area contributed by atoms with Gasteiger partial charge in [0.25, 0.3) is 5.91 Å². The zero-order chi connectivity index (χ0) is 27.9. The highest BCUT2D eigenvalue weighted by Crippen LogP contribution is 2.43. The van der Waals surface area contributed by atoms with Gasteiger partial charge in [-0.05, 0) is 42.0 Å². The number of rotatable bonds is 8. The molecule has 0 saturated heterocycles. The molecule has 4 aromatic rings. The van der Waals surface area contributed by atoms with Crippen molar-refractivity contribution in [2.75, 3.05) is 5.75 Å². The fourth-order valence-electron chi connectivity index (χ4n) is 4.48. The fraction of sp³-hybridized carbons (Fsp3) is 0.286. The molecular weight excluding hydrogens is 528 g/mol. The van der Waals surface area contributed by atoms with Gasteiger partial charge in [0.1, 0.15) is 5.82 Å². The van der Waals surface area contributed by atoms with Crippen molar-refractivity contribution >= 4 is 26.8 Å². The summed E-state index contributed by atoms with van der Waals surface area (Å²) in [5.74, 6) is 0.434. The van der Waals surface area contributed by atoms with E-state index in [1.807, 2.05) is 18.4 Å². The van der Waals surface area contributed by atoms with Crippen molar-refractivity contribution in [2.24, 2.45) is 0 Å². The quantitative estimate of drug-likeness (QED) is 0.319. The summed E-state index contributed by atoms with van der Waals surface area (Å²) >= 11 is 0. The third-order valence-corrected chi connectivity index (χ3v) is 8.26. The molecule has 1 aromatic heterocycles. The highest BCUT2D eigenvalue weighted by molar-refractivity contribution is 7.91. The lowest BCUT2D eigenvalue weighted by Crippen LogP contribution is -2.26. The van der Waals surface area contributed by atoms with Gasteiger partial charge >= 0.3 is 6.29 Å². The first-order valence-corrected chi connectivity index (χ1v) is 14.1. The van der Waals surface area contributed by atoms with E-state index in [1.165, 1.54) is 18.2 Å². The number of carbonyl (C=O) groups is 1. The van der Waals surface area contributed by atoms with Crippen LogP contribution in [-0.2, 0) is 22.9 Å². The number of benzene rings is 3. The van der Waals surface area contributed by atoms with Crippen LogP contribution >= 0.6 is 0 Å². The molecule has 39 heavy (non-hydrogen) atoms. The second-order valence-electron chi connectivity index (χ2n) is 9.56. The molecule has 0 saturated carbocycles. The summed E-state index contributed by atoms with van der Waals surface area (Å²) in [7, 11) is -3.29. The van der Waals surface area contributed by atoms with Crippen molar-refractivity contribution in [1.82, 2.24) is 14.9 Å². The molecule has 1 amide bonds. The molecule has 5 rings (SSSR count). The monoisotopic (exact) mass is 555 g/mol. The molecule has 1 N–H and O–H groups in total. The number of imidazole rings is 1. The van der Waals surface area contributed by atoms with Crippen LogP contribution in [0.2, 0.25) is 0 Å². The first-order chi connectivity index (χ1) is 18.5. The molecule has 0 spiro atoms. The van der Waals surface area contributed by atoms with Crippen LogP contribution in [-0.4, -0.2) is 35.9 Å². The summed E-state index contributed by atoms with van der Waals surface area (Å²) in [6.45, 7) is 5.99. The Morgan fingerprint density at radius 2 is 1.82 bits per heavy atom. The second-order valence-corrected chi connectivity index (χ2v) is 11.8. The summed E-state index contributed by atoms with van der Waals surface area (Å²) < 4.78 is 62.7. The Morgan fingerprint density at radius 1 is 1.08 bits per heavy atom. The van der Waals surface area contributed by atoms with Crippen LogP contribution in [0.15, 0.2) is 65.6 Å². The lowest BCUT2D eigenvalue weighted by molar-refractivity contribution is -0.286. The minimum absolute atomic E-state index is 0.00428. The predicted octanol–water partition coefficient (Wildman–Crippen LogP) is 5.25. The summed E-state index contributed by atoms with van der Waals surface area (Å²) in [6.07, 6.45) is -3.71. The highest BCUT2D eigenvalue weighted by atomic mass is 32.2. The van der Waals surface area contributed by atoms with E-state index < -0.39 is 16.1 Å². The van der Waals surface area contributed by atoms with Crippen LogP contribution in [0.25, 0.3) is 11.0 Å². The third kappa shape index (κ3) is 5.31. The average molecular weight is 556 g/mol. The number of carbonyl (C=O) groups excluding carboxylic acids is 1. The molecular formula is C28H27F2N3O5S. The Kier molecular flexibility index (Phi) is 6.79. The number of ether oxygens (including phenoxy) is 2. The van der Waals surface area contributed by atoms with E-state index in [0.29, 0.717) is 16.6 Å². The second kappa shape index (κ2) is 9.96. The van der Waals surface area contributed by atoms with Crippen LogP contribution in [0, 0.1) is 0 Å². The molecule has 0 radical (unpaired) electrons. The van der Waals surface area contributed by atoms with Crippen molar-refractivity contribution in [2.45, 2.75) is 51.0 Å². The Hall–Kier alpha value is -3.99. The zero-order valence-electron chi connectivity index (χ0n) is 21.6. The van der Waals surface area contributed by atoms with Crippen molar-refractivity contribution in [3.8, 4) is 11.5 Å². The van der Waals surface area contributed by atoms with Gasteiger partial charge in [-0.15, -0.1) is 8.78 Å². The van der Waals surface area contributed by atoms with Crippen LogP contribution in [0.3, 0.4) is 0 Å². The normalized spacial score (nSPS) is 14.2. The maximum Gasteiger partial charge on any atom is 0.586 e. The third-order valence-electron chi connectivity index (χ3n) is 6.51. The lowest BCUT2D eigenvalue weighted by Gasteiger charge is -2.13. The van der Waals surface area contributed by atoms with E-state index in [0.717, 1.165) is 16.9 Å². The van der Waals surface area contributed by atoms with E-state index in [4.69, 9.17) is 9.72 Å². The number of sulfone groups is 1. The van der Waals surface area contributed by atoms with Crippen LogP contribution in [0.4, 0.5) is 8.78 Å². The number of para-hydroxylation sites is 1. The number of hydrogen-bond acceptors (Lipinski definition) is 6. The minimum atomic E-state index is -3.71. The Balaban J connectivity index is 1.37. The molecule has 0 unspecified atom stereocenters. The van der Waals surface area contributed by atoms with E-state index in [-0.39, 0.29) is 47.1 Å². The van der Waals surface area contributed by atoms with Crippen molar-refractivity contribution in [3.05, 3.63) is 83.2 Å². The van der Waals surface area contributed by atoms with Gasteiger partial charge in [0.2, 0.25) is 0 Å². The topological polar surface area (TPSA) is 99.5 Å². The molecule has 0 bridgehead atoms. The highest BCUT2D eigenvalue weighted by Gasteiger charge is 2.44. The Bertz CT molecular complexity index is 1660. The van der Waals surface area contributed by atoms with Gasteiger partial charge in [-0.25, -0.2) is 13.4 Å². The first-order valence-electron chi connectivity index (χ1n) is 12.4. The summed E-state index contributed by atoms with van der Waals surface area (Å²) in [4.78, 5) is 17.9. The van der Waals surface area contributed by atoms with Gasteiger partial charge in [0.15, 0.2) is 21.3 Å². The summed E-state index contributed by atoms with van der Waals surface area (Å²) in [5, 5.41) is 2.85. The van der Waals surface area contributed by atoms with Gasteiger partial charge in [-0.2, -0.15) is 0 Å². The predicted molar refractivity (Wildman–Crippen MR) is 141 cm³/mol. The maximum absolute atomic E-state index is 13.7. The number of amides is 1. The average Bonchev–Trinajstić information content (AvgIpc) is 3.43. The van der Waals surface area contributed by atoms with E-state index in [2.05, 4.69) is 10.1 Å². The first kappa shape index (κ1) is 26.6. The van der Waals surface area contributed by atoms with E-state index in [1.54, 1.807) is 49.4 Å². The molecule has 0 atom stereocenters. The lowest BCUT2D eigenvalue weighted by atomic mass is 10.1. The minimum Gasteiger partial charge on any atom is -0.395 e. The number of alkyl halides is 2. The molecule has 8 nitrogen and oxygen atoms in total. The number of fused-ring (bicyclic) bond motifs is 2. The van der Waals surface area contributed by atoms with E-state index in [9.17, 15) is 22.0 Å². The molecule has 204 valence electrons. The van der Waals surface area contributed by atoms with Crippen LogP contribution < -0.4 is 14.8 Å². The Morgan fingerprint density at radius 3 is 2.51 bits per heavy atom. The number of halogens is 2. The van der Waals surface area contributed by atoms with Crippen molar-refractivity contribution in [3.63, 3.8) is 0 Å². The molecule has 1 aliphatic rings. The van der Waals surface area contributed by atoms with Gasteiger partial charge in [0.05, 0.1) is 28.2 Å². The zero-order valence-corrected chi connectivity index (χ0v) is 22.4. The summed E-state index contributed by atoms with van der Waals surface area (Å²) in [5.41, 5.74) is 3.02. The smallest absolute Gasteiger partial charge is 0.395 e. The van der Waals surface area contributed by atoms with Crippen LogP contribution in [0.5, 0.6) is 11.5 Å². The summed E-state index contributed by atoms with van der Waals surface area (Å²) in [6, 6.07) is 16.3. The molecule has 11 heteroatoms. The molecule has 0 aliphatic carbocycles. The Labute approximate surface area is 224 Å². The fourth-order valence-corrected chi connectivity index (χ4v) is 5.37. The maximum atomic E-state index is 13.7. The molecule has 2 heterocycles. The van der Waals surface area contributed by atoms with Crippen molar-refractivity contribution in [1.29, 1.82) is 0 Å². The number of nitrogens with one attached hydrogen (secondary N) is 1. The van der Waals surface area contributed by atoms with Gasteiger partial charge < -0.3 is 19.4 Å². The number of aromatic nitrogens is 2. The van der Waals surface area contributed by atoms with Gasteiger partial charge in [-0.3, -0.25) is 4.79 Å². The van der Waals surface area contributed by atoms with Crippen LogP contribution in [0.1, 0.15) is 54.0 Å². The molecule has 1 aliphatic heterocycles. The SMILES string of the molecule is CCS(=O)(=O)c1ccc(CNC(=O)c2ccc3c(c2)nc(C(C)C)n3Cc2cccc3c2OC(F)(F)O3)cc1. The van der Waals surface area contributed by atoms with Crippen molar-refractivity contribution < 1.29 is 31.5 Å². The van der Waals surface area contributed by atoms with Gasteiger partial charge in [-0.1, -0.05) is 45.0 Å². The standard InChI is InChI=1S/C28H27F2N3O5S/c1-4-39(35,36)21-11-8-18(9-12-21)15-31-27(34)19-10-13-23-22(14-19)32-26(17(2)3)33(23)16-20-6-5-7-24-25(20)38-28(29,30)37-24/h5-14,17H,4,15-16H2,1-3H3,(H,31,34).